The Labute approximate surface area is 114 Å². The molecule has 2 aromatic rings. The van der Waals surface area contributed by atoms with Gasteiger partial charge in [-0.15, -0.1) is 0 Å². The van der Waals surface area contributed by atoms with Gasteiger partial charge in [-0.25, -0.2) is 13.1 Å². The van der Waals surface area contributed by atoms with Crippen molar-refractivity contribution in [3.63, 3.8) is 0 Å². The molecule has 0 aliphatic rings. The molecule has 1 aromatic heterocycles. The van der Waals surface area contributed by atoms with Crippen LogP contribution < -0.4 is 4.72 Å². The van der Waals surface area contributed by atoms with E-state index in [1.807, 2.05) is 0 Å². The van der Waals surface area contributed by atoms with Gasteiger partial charge in [-0.1, -0.05) is 12.1 Å². The van der Waals surface area contributed by atoms with E-state index >= 15 is 0 Å². The quantitative estimate of drug-likeness (QED) is 0.937. The maximum atomic E-state index is 12.2. The molecule has 0 radical (unpaired) electrons. The Morgan fingerprint density at radius 2 is 1.94 bits per heavy atom. The second-order valence-electron chi connectivity index (χ2n) is 3.79. The Morgan fingerprint density at radius 1 is 1.22 bits per heavy atom. The van der Waals surface area contributed by atoms with Crippen LogP contribution in [0.4, 0.5) is 0 Å². The largest absolute Gasteiger partial charge is 0.468 e. The molecule has 0 aliphatic carbocycles. The molecule has 1 atom stereocenters. The maximum absolute atomic E-state index is 12.2. The molecule has 0 aliphatic heterocycles. The van der Waals surface area contributed by atoms with Crippen LogP contribution in [0.25, 0.3) is 0 Å². The molecule has 0 amide bonds. The van der Waals surface area contributed by atoms with Crippen LogP contribution in [0.15, 0.2) is 56.4 Å². The minimum atomic E-state index is -3.57. The number of hydrogen-bond acceptors (Lipinski definition) is 3. The number of hydrogen-bond donors (Lipinski definition) is 1. The Morgan fingerprint density at radius 3 is 2.56 bits per heavy atom. The van der Waals surface area contributed by atoms with Crippen molar-refractivity contribution in [2.45, 2.75) is 17.9 Å². The first-order valence-electron chi connectivity index (χ1n) is 5.31. The zero-order chi connectivity index (χ0) is 13.2. The van der Waals surface area contributed by atoms with Gasteiger partial charge in [-0.3, -0.25) is 0 Å². The second-order valence-corrected chi connectivity index (χ2v) is 6.33. The summed E-state index contributed by atoms with van der Waals surface area (Å²) in [5, 5.41) is 0. The zero-order valence-corrected chi connectivity index (χ0v) is 12.0. The van der Waals surface area contributed by atoms with Gasteiger partial charge >= 0.3 is 0 Å². The molecule has 0 spiro atoms. The number of nitrogens with one attached hydrogen (secondary N) is 1. The van der Waals surface area contributed by atoms with Crippen LogP contribution in [0.5, 0.6) is 0 Å². The molecule has 1 heterocycles. The van der Waals surface area contributed by atoms with Crippen LogP contribution in [0.2, 0.25) is 0 Å². The van der Waals surface area contributed by atoms with Gasteiger partial charge in [0.1, 0.15) is 5.76 Å². The van der Waals surface area contributed by atoms with Crippen LogP contribution in [-0.4, -0.2) is 8.42 Å². The summed E-state index contributed by atoms with van der Waals surface area (Å²) < 4.78 is 32.6. The molecule has 96 valence electrons. The summed E-state index contributed by atoms with van der Waals surface area (Å²) in [5.41, 5.74) is 0. The van der Waals surface area contributed by atoms with Gasteiger partial charge in [0.15, 0.2) is 0 Å². The SMILES string of the molecule is CC(NS(=O)(=O)c1ccccc1Br)c1ccco1. The van der Waals surface area contributed by atoms with Crippen molar-refractivity contribution >= 4 is 26.0 Å². The smallest absolute Gasteiger partial charge is 0.242 e. The number of rotatable bonds is 4. The molecule has 0 bridgehead atoms. The molecule has 0 saturated heterocycles. The van der Waals surface area contributed by atoms with Crippen molar-refractivity contribution in [2.75, 3.05) is 0 Å². The third kappa shape index (κ3) is 2.82. The van der Waals surface area contributed by atoms with E-state index in [4.69, 9.17) is 4.42 Å². The van der Waals surface area contributed by atoms with Crippen LogP contribution in [-0.2, 0) is 10.0 Å². The normalized spacial score (nSPS) is 13.4. The molecule has 0 saturated carbocycles. The van der Waals surface area contributed by atoms with Gasteiger partial charge in [0.25, 0.3) is 0 Å². The lowest BCUT2D eigenvalue weighted by Crippen LogP contribution is -2.26. The minimum absolute atomic E-state index is 0.211. The van der Waals surface area contributed by atoms with Crippen molar-refractivity contribution in [1.29, 1.82) is 0 Å². The van der Waals surface area contributed by atoms with E-state index in [0.717, 1.165) is 0 Å². The molecule has 2 rings (SSSR count). The van der Waals surface area contributed by atoms with Crippen molar-refractivity contribution in [1.82, 2.24) is 4.72 Å². The third-order valence-electron chi connectivity index (χ3n) is 2.43. The Kier molecular flexibility index (Phi) is 3.89. The fourth-order valence-electron chi connectivity index (χ4n) is 1.55. The molecule has 18 heavy (non-hydrogen) atoms. The average molecular weight is 330 g/mol. The number of halogens is 1. The van der Waals surface area contributed by atoms with E-state index in [-0.39, 0.29) is 4.90 Å². The summed E-state index contributed by atoms with van der Waals surface area (Å²) in [6.45, 7) is 1.73. The molecule has 0 fully saturated rings. The second kappa shape index (κ2) is 5.26. The number of benzene rings is 1. The molecular formula is C12H12BrNO3S. The van der Waals surface area contributed by atoms with Crippen molar-refractivity contribution < 1.29 is 12.8 Å². The summed E-state index contributed by atoms with van der Waals surface area (Å²) in [6.07, 6.45) is 1.51. The Balaban J connectivity index is 2.26. The summed E-state index contributed by atoms with van der Waals surface area (Å²) >= 11 is 3.23. The van der Waals surface area contributed by atoms with Crippen molar-refractivity contribution in [3.05, 3.63) is 52.9 Å². The van der Waals surface area contributed by atoms with Gasteiger partial charge in [0.2, 0.25) is 10.0 Å². The number of sulfonamides is 1. The Bertz CT molecular complexity index is 623. The van der Waals surface area contributed by atoms with E-state index in [1.165, 1.54) is 6.26 Å². The number of furan rings is 1. The highest BCUT2D eigenvalue weighted by molar-refractivity contribution is 9.10. The fourth-order valence-corrected chi connectivity index (χ4v) is 3.77. The zero-order valence-electron chi connectivity index (χ0n) is 9.63. The highest BCUT2D eigenvalue weighted by Gasteiger charge is 2.21. The maximum Gasteiger partial charge on any atom is 0.242 e. The molecule has 6 heteroatoms. The lowest BCUT2D eigenvalue weighted by Gasteiger charge is -2.12. The van der Waals surface area contributed by atoms with E-state index < -0.39 is 16.1 Å². The Hall–Kier alpha value is -1.11. The topological polar surface area (TPSA) is 59.3 Å². The predicted molar refractivity (Wildman–Crippen MR) is 71.6 cm³/mol. The molecule has 1 N–H and O–H groups in total. The summed E-state index contributed by atoms with van der Waals surface area (Å²) in [7, 11) is -3.57. The first-order chi connectivity index (χ1) is 8.50. The monoisotopic (exact) mass is 329 g/mol. The summed E-state index contributed by atoms with van der Waals surface area (Å²) in [4.78, 5) is 0.211. The minimum Gasteiger partial charge on any atom is -0.468 e. The standard InChI is InChI=1S/C12H12BrNO3S/c1-9(11-6-4-8-17-11)14-18(15,16)12-7-3-2-5-10(12)13/h2-9,14H,1H3. The molecular weight excluding hydrogens is 318 g/mol. The summed E-state index contributed by atoms with van der Waals surface area (Å²) in [5.74, 6) is 0.575. The lowest BCUT2D eigenvalue weighted by molar-refractivity contribution is 0.459. The first kappa shape index (κ1) is 13.3. The highest BCUT2D eigenvalue weighted by atomic mass is 79.9. The van der Waals surface area contributed by atoms with E-state index in [1.54, 1.807) is 43.3 Å². The van der Waals surface area contributed by atoms with Gasteiger partial charge in [0, 0.05) is 4.47 Å². The third-order valence-corrected chi connectivity index (χ3v) is 4.98. The van der Waals surface area contributed by atoms with Crippen molar-refractivity contribution in [3.8, 4) is 0 Å². The van der Waals surface area contributed by atoms with E-state index in [2.05, 4.69) is 20.7 Å². The van der Waals surface area contributed by atoms with Gasteiger partial charge in [-0.2, -0.15) is 0 Å². The van der Waals surface area contributed by atoms with Gasteiger partial charge in [-0.05, 0) is 47.1 Å². The van der Waals surface area contributed by atoms with E-state index in [0.29, 0.717) is 10.2 Å². The summed E-state index contributed by atoms with van der Waals surface area (Å²) in [6, 6.07) is 9.70. The van der Waals surface area contributed by atoms with Gasteiger partial charge in [0.05, 0.1) is 17.2 Å². The molecule has 1 unspecified atom stereocenters. The van der Waals surface area contributed by atoms with Gasteiger partial charge < -0.3 is 4.42 Å². The first-order valence-corrected chi connectivity index (χ1v) is 7.58. The average Bonchev–Trinajstić information content (AvgIpc) is 2.82. The molecule has 4 nitrogen and oxygen atoms in total. The van der Waals surface area contributed by atoms with Crippen LogP contribution in [0.3, 0.4) is 0 Å². The molecule has 1 aromatic carbocycles. The van der Waals surface area contributed by atoms with Crippen LogP contribution in [0, 0.1) is 0 Å². The highest BCUT2D eigenvalue weighted by Crippen LogP contribution is 2.23. The lowest BCUT2D eigenvalue weighted by atomic mass is 10.3. The van der Waals surface area contributed by atoms with E-state index in [9.17, 15) is 8.42 Å². The van der Waals surface area contributed by atoms with Crippen molar-refractivity contribution in [2.24, 2.45) is 0 Å². The predicted octanol–water partition coefficient (Wildman–Crippen LogP) is 3.08. The fraction of sp³-hybridized carbons (Fsp3) is 0.167. The van der Waals surface area contributed by atoms with Crippen LogP contribution in [0.1, 0.15) is 18.7 Å². The van der Waals surface area contributed by atoms with Crippen LogP contribution >= 0.6 is 15.9 Å².